The summed E-state index contributed by atoms with van der Waals surface area (Å²) in [6, 6.07) is 10.2. The first kappa shape index (κ1) is 12.5. The lowest BCUT2D eigenvalue weighted by atomic mass is 10.1. The van der Waals surface area contributed by atoms with Crippen LogP contribution in [0.3, 0.4) is 0 Å². The molecular weight excluding hydrogens is 250 g/mol. The van der Waals surface area contributed by atoms with Crippen LogP contribution in [0.15, 0.2) is 48.9 Å². The number of hydrogen-bond acceptors (Lipinski definition) is 3. The maximum Gasteiger partial charge on any atom is 0.0650 e. The zero-order chi connectivity index (χ0) is 13.8. The van der Waals surface area contributed by atoms with Gasteiger partial charge in [-0.1, -0.05) is 12.1 Å². The van der Waals surface area contributed by atoms with E-state index in [-0.39, 0.29) is 0 Å². The second-order valence-electron chi connectivity index (χ2n) is 4.61. The SMILES string of the molecule is CCn1cc(CNc2ccc(-c3ccn[nH]3)cc2)cn1. The Morgan fingerprint density at radius 3 is 2.70 bits per heavy atom. The predicted octanol–water partition coefficient (Wildman–Crippen LogP) is 2.91. The molecule has 1 aromatic carbocycles. The van der Waals surface area contributed by atoms with Crippen molar-refractivity contribution in [2.75, 3.05) is 5.32 Å². The van der Waals surface area contributed by atoms with Gasteiger partial charge in [0.25, 0.3) is 0 Å². The number of nitrogens with zero attached hydrogens (tertiary/aromatic N) is 3. The van der Waals surface area contributed by atoms with Crippen LogP contribution in [0.1, 0.15) is 12.5 Å². The number of aromatic amines is 1. The summed E-state index contributed by atoms with van der Waals surface area (Å²) in [7, 11) is 0. The van der Waals surface area contributed by atoms with Gasteiger partial charge in [0.15, 0.2) is 0 Å². The molecule has 0 spiro atoms. The first-order valence-electron chi connectivity index (χ1n) is 6.70. The Bertz CT molecular complexity index is 652. The van der Waals surface area contributed by atoms with Crippen molar-refractivity contribution < 1.29 is 0 Å². The maximum atomic E-state index is 4.26. The van der Waals surface area contributed by atoms with Gasteiger partial charge in [-0.05, 0) is 30.7 Å². The summed E-state index contributed by atoms with van der Waals surface area (Å²) in [6.45, 7) is 3.76. The molecule has 5 heteroatoms. The van der Waals surface area contributed by atoms with Crippen LogP contribution in [0.4, 0.5) is 5.69 Å². The van der Waals surface area contributed by atoms with Crippen LogP contribution in [0.2, 0.25) is 0 Å². The molecule has 0 bridgehead atoms. The zero-order valence-corrected chi connectivity index (χ0v) is 11.4. The van der Waals surface area contributed by atoms with Crippen molar-refractivity contribution in [3.8, 4) is 11.3 Å². The Labute approximate surface area is 117 Å². The zero-order valence-electron chi connectivity index (χ0n) is 11.4. The number of aryl methyl sites for hydroxylation is 1. The van der Waals surface area contributed by atoms with Crippen LogP contribution in [0.25, 0.3) is 11.3 Å². The summed E-state index contributed by atoms with van der Waals surface area (Å²) in [6.07, 6.45) is 5.72. The molecule has 0 aliphatic rings. The fraction of sp³-hybridized carbons (Fsp3) is 0.200. The van der Waals surface area contributed by atoms with Crippen molar-refractivity contribution in [1.82, 2.24) is 20.0 Å². The summed E-state index contributed by atoms with van der Waals surface area (Å²) in [5, 5.41) is 14.6. The first-order valence-corrected chi connectivity index (χ1v) is 6.70. The van der Waals surface area contributed by atoms with Gasteiger partial charge in [-0.2, -0.15) is 10.2 Å². The highest BCUT2D eigenvalue weighted by Gasteiger charge is 2.00. The fourth-order valence-electron chi connectivity index (χ4n) is 2.06. The van der Waals surface area contributed by atoms with Crippen LogP contribution in [-0.2, 0) is 13.1 Å². The first-order chi connectivity index (χ1) is 9.85. The molecule has 0 atom stereocenters. The maximum absolute atomic E-state index is 4.26. The van der Waals surface area contributed by atoms with Gasteiger partial charge >= 0.3 is 0 Å². The van der Waals surface area contributed by atoms with E-state index in [9.17, 15) is 0 Å². The van der Waals surface area contributed by atoms with Crippen molar-refractivity contribution in [2.45, 2.75) is 20.0 Å². The van der Waals surface area contributed by atoms with Gasteiger partial charge < -0.3 is 5.32 Å². The molecule has 0 aliphatic carbocycles. The lowest BCUT2D eigenvalue weighted by molar-refractivity contribution is 0.659. The molecule has 2 N–H and O–H groups in total. The van der Waals surface area contributed by atoms with Gasteiger partial charge in [0, 0.05) is 36.7 Å². The number of benzene rings is 1. The topological polar surface area (TPSA) is 58.5 Å². The highest BCUT2D eigenvalue weighted by molar-refractivity contribution is 5.62. The van der Waals surface area contributed by atoms with Gasteiger partial charge in [-0.3, -0.25) is 9.78 Å². The van der Waals surface area contributed by atoms with E-state index in [0.29, 0.717) is 0 Å². The van der Waals surface area contributed by atoms with Gasteiger partial charge in [0.05, 0.1) is 11.9 Å². The number of anilines is 1. The van der Waals surface area contributed by atoms with Gasteiger partial charge in [0.1, 0.15) is 0 Å². The molecule has 3 rings (SSSR count). The molecule has 20 heavy (non-hydrogen) atoms. The van der Waals surface area contributed by atoms with E-state index in [2.05, 4.69) is 58.0 Å². The number of rotatable bonds is 5. The second-order valence-corrected chi connectivity index (χ2v) is 4.61. The van der Waals surface area contributed by atoms with E-state index in [1.165, 1.54) is 5.56 Å². The summed E-state index contributed by atoms with van der Waals surface area (Å²) in [4.78, 5) is 0. The predicted molar refractivity (Wildman–Crippen MR) is 79.3 cm³/mol. The minimum absolute atomic E-state index is 0.781. The monoisotopic (exact) mass is 267 g/mol. The third-order valence-corrected chi connectivity index (χ3v) is 3.20. The smallest absolute Gasteiger partial charge is 0.0650 e. The molecule has 0 radical (unpaired) electrons. The molecular formula is C15H17N5. The fourth-order valence-corrected chi connectivity index (χ4v) is 2.06. The lowest BCUT2D eigenvalue weighted by Gasteiger charge is -2.05. The number of H-pyrrole nitrogens is 1. The van der Waals surface area contributed by atoms with Crippen LogP contribution in [0, 0.1) is 0 Å². The average molecular weight is 267 g/mol. The van der Waals surface area contributed by atoms with Crippen LogP contribution in [0.5, 0.6) is 0 Å². The highest BCUT2D eigenvalue weighted by atomic mass is 15.3. The molecule has 2 aromatic heterocycles. The van der Waals surface area contributed by atoms with Crippen LogP contribution < -0.4 is 5.32 Å². The molecule has 0 amide bonds. The van der Waals surface area contributed by atoms with E-state index < -0.39 is 0 Å². The Hall–Kier alpha value is -2.56. The standard InChI is InChI=1S/C15H17N5/c1-2-20-11-12(10-18-20)9-16-14-5-3-13(4-6-14)15-7-8-17-19-15/h3-8,10-11,16H,2,9H2,1H3,(H,17,19). The molecule has 0 fully saturated rings. The van der Waals surface area contributed by atoms with Gasteiger partial charge in [-0.15, -0.1) is 0 Å². The van der Waals surface area contributed by atoms with Gasteiger partial charge in [0.2, 0.25) is 0 Å². The number of hydrogen-bond donors (Lipinski definition) is 2. The molecule has 102 valence electrons. The highest BCUT2D eigenvalue weighted by Crippen LogP contribution is 2.19. The Morgan fingerprint density at radius 1 is 1.20 bits per heavy atom. The summed E-state index contributed by atoms with van der Waals surface area (Å²) < 4.78 is 1.93. The normalized spacial score (nSPS) is 10.7. The van der Waals surface area contributed by atoms with Crippen molar-refractivity contribution in [1.29, 1.82) is 0 Å². The van der Waals surface area contributed by atoms with E-state index >= 15 is 0 Å². The van der Waals surface area contributed by atoms with E-state index in [1.54, 1.807) is 6.20 Å². The Kier molecular flexibility index (Phi) is 3.50. The molecule has 0 saturated heterocycles. The summed E-state index contributed by atoms with van der Waals surface area (Å²) in [5.74, 6) is 0. The molecule has 2 heterocycles. The largest absolute Gasteiger partial charge is 0.381 e. The number of nitrogens with one attached hydrogen (secondary N) is 2. The van der Waals surface area contributed by atoms with Crippen molar-refractivity contribution >= 4 is 5.69 Å². The quantitative estimate of drug-likeness (QED) is 0.747. The van der Waals surface area contributed by atoms with Crippen molar-refractivity contribution in [3.05, 3.63) is 54.5 Å². The Morgan fingerprint density at radius 2 is 2.05 bits per heavy atom. The molecule has 0 unspecified atom stereocenters. The van der Waals surface area contributed by atoms with E-state index in [1.807, 2.05) is 16.9 Å². The summed E-state index contributed by atoms with van der Waals surface area (Å²) in [5.41, 5.74) is 4.44. The third-order valence-electron chi connectivity index (χ3n) is 3.20. The van der Waals surface area contributed by atoms with E-state index in [0.717, 1.165) is 30.0 Å². The molecule has 5 nitrogen and oxygen atoms in total. The van der Waals surface area contributed by atoms with Crippen LogP contribution >= 0.6 is 0 Å². The Balaban J connectivity index is 1.63. The second kappa shape index (κ2) is 5.61. The molecule has 3 aromatic rings. The minimum atomic E-state index is 0.781. The number of aromatic nitrogens is 4. The molecule has 0 saturated carbocycles. The molecule has 0 aliphatic heterocycles. The lowest BCUT2D eigenvalue weighted by Crippen LogP contribution is -1.98. The average Bonchev–Trinajstić information content (AvgIpc) is 3.17. The van der Waals surface area contributed by atoms with Gasteiger partial charge in [-0.25, -0.2) is 0 Å². The minimum Gasteiger partial charge on any atom is -0.381 e. The third kappa shape index (κ3) is 2.71. The van der Waals surface area contributed by atoms with Crippen molar-refractivity contribution in [2.24, 2.45) is 0 Å². The van der Waals surface area contributed by atoms with Crippen LogP contribution in [-0.4, -0.2) is 20.0 Å². The summed E-state index contributed by atoms with van der Waals surface area (Å²) >= 11 is 0. The van der Waals surface area contributed by atoms with Crippen molar-refractivity contribution in [3.63, 3.8) is 0 Å². The van der Waals surface area contributed by atoms with E-state index in [4.69, 9.17) is 0 Å².